The van der Waals surface area contributed by atoms with E-state index in [0.29, 0.717) is 6.61 Å². The number of fused-ring (bicyclic) bond motifs is 1. The van der Waals surface area contributed by atoms with E-state index in [9.17, 15) is 0 Å². The summed E-state index contributed by atoms with van der Waals surface area (Å²) in [5, 5.41) is 4.46. The van der Waals surface area contributed by atoms with E-state index >= 15 is 0 Å². The van der Waals surface area contributed by atoms with E-state index in [1.54, 1.807) is 11.3 Å². The smallest absolute Gasteiger partial charge is 0.129 e. The third-order valence-corrected chi connectivity index (χ3v) is 3.47. The van der Waals surface area contributed by atoms with Crippen LogP contribution in [0.25, 0.3) is 22.0 Å². The number of benzene rings is 2. The second-order valence-corrected chi connectivity index (χ2v) is 4.69. The number of aromatic nitrogens is 1. The molecule has 2 aromatic carbocycles. The average Bonchev–Trinajstić information content (AvgIpc) is 2.92. The van der Waals surface area contributed by atoms with Crippen molar-refractivity contribution in [2.24, 2.45) is 0 Å². The third kappa shape index (κ3) is 1.87. The van der Waals surface area contributed by atoms with Gasteiger partial charge >= 0.3 is 0 Å². The molecule has 0 aliphatic carbocycles. The van der Waals surface area contributed by atoms with Crippen molar-refractivity contribution in [2.45, 2.75) is 6.92 Å². The van der Waals surface area contributed by atoms with Crippen LogP contribution >= 0.6 is 11.3 Å². The number of hydrogen-bond donors (Lipinski definition) is 0. The Hall–Kier alpha value is -1.87. The minimum absolute atomic E-state index is 0.662. The highest BCUT2D eigenvalue weighted by Gasteiger charge is 2.12. The van der Waals surface area contributed by atoms with Gasteiger partial charge in [-0.3, -0.25) is 0 Å². The lowest BCUT2D eigenvalue weighted by Gasteiger charge is -2.11. The summed E-state index contributed by atoms with van der Waals surface area (Å²) in [7, 11) is 0. The summed E-state index contributed by atoms with van der Waals surface area (Å²) in [5.74, 6) is 0.905. The van der Waals surface area contributed by atoms with Crippen LogP contribution in [0.4, 0.5) is 0 Å². The monoisotopic (exact) mass is 255 g/mol. The highest BCUT2D eigenvalue weighted by Crippen LogP contribution is 2.36. The third-order valence-electron chi connectivity index (χ3n) is 2.88. The van der Waals surface area contributed by atoms with Crippen LogP contribution in [0.15, 0.2) is 47.3 Å². The van der Waals surface area contributed by atoms with Gasteiger partial charge in [-0.25, -0.2) is 4.98 Å². The Morgan fingerprint density at radius 3 is 2.83 bits per heavy atom. The molecule has 0 unspecified atom stereocenters. The second kappa shape index (κ2) is 4.78. The zero-order chi connectivity index (χ0) is 12.4. The summed E-state index contributed by atoms with van der Waals surface area (Å²) >= 11 is 1.60. The number of nitrogens with zero attached hydrogens (tertiary/aromatic N) is 1. The van der Waals surface area contributed by atoms with Crippen LogP contribution in [0.3, 0.4) is 0 Å². The summed E-state index contributed by atoms with van der Waals surface area (Å²) < 4.78 is 5.73. The van der Waals surface area contributed by atoms with Crippen molar-refractivity contribution in [3.8, 4) is 17.0 Å². The van der Waals surface area contributed by atoms with Crippen LogP contribution in [0.1, 0.15) is 6.92 Å². The van der Waals surface area contributed by atoms with Crippen molar-refractivity contribution in [3.05, 3.63) is 47.3 Å². The number of rotatable bonds is 3. The molecule has 0 aliphatic rings. The molecule has 0 amide bonds. The zero-order valence-corrected chi connectivity index (χ0v) is 10.9. The highest BCUT2D eigenvalue weighted by molar-refractivity contribution is 7.07. The van der Waals surface area contributed by atoms with E-state index in [-0.39, 0.29) is 0 Å². The maximum Gasteiger partial charge on any atom is 0.129 e. The fourth-order valence-corrected chi connectivity index (χ4v) is 2.67. The summed E-state index contributed by atoms with van der Waals surface area (Å²) in [6, 6.07) is 12.5. The van der Waals surface area contributed by atoms with Crippen molar-refractivity contribution in [1.29, 1.82) is 0 Å². The van der Waals surface area contributed by atoms with E-state index < -0.39 is 0 Å². The van der Waals surface area contributed by atoms with Crippen molar-refractivity contribution in [2.75, 3.05) is 6.61 Å². The molecule has 0 radical (unpaired) electrons. The Labute approximate surface area is 110 Å². The Bertz CT molecular complexity index is 661. The predicted molar refractivity (Wildman–Crippen MR) is 76.2 cm³/mol. The minimum Gasteiger partial charge on any atom is -0.493 e. The van der Waals surface area contributed by atoms with Crippen LogP contribution in [-0.2, 0) is 0 Å². The minimum atomic E-state index is 0.662. The number of ether oxygens (including phenoxy) is 1. The molecule has 1 aromatic heterocycles. The molecule has 0 aliphatic heterocycles. The summed E-state index contributed by atoms with van der Waals surface area (Å²) in [6.07, 6.45) is 0. The van der Waals surface area contributed by atoms with Gasteiger partial charge in [0, 0.05) is 5.38 Å². The Kier molecular flexibility index (Phi) is 2.99. The largest absolute Gasteiger partial charge is 0.493 e. The Morgan fingerprint density at radius 2 is 2.06 bits per heavy atom. The standard InChI is InChI=1S/C15H13NOS/c1-2-17-14-8-7-11-5-3-4-6-12(11)15(14)13-9-18-10-16-13/h3-10H,2H2,1H3. The molecule has 90 valence electrons. The Morgan fingerprint density at radius 1 is 1.17 bits per heavy atom. The molecule has 2 nitrogen and oxygen atoms in total. The van der Waals surface area contributed by atoms with Crippen molar-refractivity contribution in [1.82, 2.24) is 4.98 Å². The first-order chi connectivity index (χ1) is 8.90. The fraction of sp³-hybridized carbons (Fsp3) is 0.133. The molecular weight excluding hydrogens is 242 g/mol. The zero-order valence-electron chi connectivity index (χ0n) is 10.1. The van der Waals surface area contributed by atoms with E-state index in [0.717, 1.165) is 17.0 Å². The van der Waals surface area contributed by atoms with Gasteiger partial charge in [0.05, 0.1) is 23.4 Å². The quantitative estimate of drug-likeness (QED) is 0.693. The molecule has 0 atom stereocenters. The normalized spacial score (nSPS) is 10.7. The second-order valence-electron chi connectivity index (χ2n) is 3.97. The fourth-order valence-electron chi connectivity index (χ4n) is 2.13. The van der Waals surface area contributed by atoms with Crippen LogP contribution in [0.5, 0.6) is 5.75 Å². The molecule has 1 heterocycles. The summed E-state index contributed by atoms with van der Waals surface area (Å²) in [4.78, 5) is 4.42. The van der Waals surface area contributed by atoms with Gasteiger partial charge in [0.25, 0.3) is 0 Å². The Balaban J connectivity index is 2.32. The first-order valence-corrected chi connectivity index (χ1v) is 6.87. The van der Waals surface area contributed by atoms with E-state index in [1.165, 1.54) is 10.8 Å². The van der Waals surface area contributed by atoms with Crippen LogP contribution in [-0.4, -0.2) is 11.6 Å². The molecule has 0 N–H and O–H groups in total. The lowest BCUT2D eigenvalue weighted by Crippen LogP contribution is -1.95. The first-order valence-electron chi connectivity index (χ1n) is 5.93. The van der Waals surface area contributed by atoms with Gasteiger partial charge in [0.15, 0.2) is 0 Å². The first kappa shape index (κ1) is 11.2. The van der Waals surface area contributed by atoms with Gasteiger partial charge < -0.3 is 4.74 Å². The summed E-state index contributed by atoms with van der Waals surface area (Å²) in [6.45, 7) is 2.66. The molecule has 0 spiro atoms. The van der Waals surface area contributed by atoms with Crippen molar-refractivity contribution < 1.29 is 4.74 Å². The molecule has 3 heteroatoms. The predicted octanol–water partition coefficient (Wildman–Crippen LogP) is 4.36. The van der Waals surface area contributed by atoms with E-state index in [2.05, 4.69) is 28.6 Å². The summed E-state index contributed by atoms with van der Waals surface area (Å²) in [5.41, 5.74) is 3.93. The van der Waals surface area contributed by atoms with Crippen molar-refractivity contribution >= 4 is 22.1 Å². The molecule has 3 aromatic rings. The molecule has 0 saturated heterocycles. The average molecular weight is 255 g/mol. The molecular formula is C15H13NOS. The van der Waals surface area contributed by atoms with Gasteiger partial charge in [-0.2, -0.15) is 0 Å². The van der Waals surface area contributed by atoms with Gasteiger partial charge in [-0.1, -0.05) is 30.3 Å². The van der Waals surface area contributed by atoms with Gasteiger partial charge in [-0.05, 0) is 23.8 Å². The maximum absolute atomic E-state index is 5.73. The lowest BCUT2D eigenvalue weighted by atomic mass is 10.0. The van der Waals surface area contributed by atoms with Gasteiger partial charge in [0.2, 0.25) is 0 Å². The lowest BCUT2D eigenvalue weighted by molar-refractivity contribution is 0.342. The number of hydrogen-bond acceptors (Lipinski definition) is 3. The molecule has 0 fully saturated rings. The van der Waals surface area contributed by atoms with E-state index in [4.69, 9.17) is 4.74 Å². The van der Waals surface area contributed by atoms with Crippen molar-refractivity contribution in [3.63, 3.8) is 0 Å². The maximum atomic E-state index is 5.73. The SMILES string of the molecule is CCOc1ccc2ccccc2c1-c1cscn1. The molecule has 18 heavy (non-hydrogen) atoms. The van der Waals surface area contributed by atoms with E-state index in [1.807, 2.05) is 30.6 Å². The van der Waals surface area contributed by atoms with Gasteiger partial charge in [-0.15, -0.1) is 11.3 Å². The topological polar surface area (TPSA) is 22.1 Å². The van der Waals surface area contributed by atoms with Crippen LogP contribution in [0.2, 0.25) is 0 Å². The van der Waals surface area contributed by atoms with Crippen LogP contribution in [0, 0.1) is 0 Å². The molecule has 3 rings (SSSR count). The highest BCUT2D eigenvalue weighted by atomic mass is 32.1. The van der Waals surface area contributed by atoms with Crippen LogP contribution < -0.4 is 4.74 Å². The molecule has 0 saturated carbocycles. The van der Waals surface area contributed by atoms with Gasteiger partial charge in [0.1, 0.15) is 5.75 Å². The number of thiazole rings is 1. The molecule has 0 bridgehead atoms.